The number of rotatable bonds is 13. The zero-order valence-electron chi connectivity index (χ0n) is 39.2. The third-order valence-electron chi connectivity index (χ3n) is 15.9. The monoisotopic (exact) mass is 899 g/mol. The number of aromatic nitrogens is 1. The number of aliphatic hydroxyl groups excluding tert-OH is 1. The number of methoxy groups -OCH3 is 2. The molecule has 1 saturated carbocycles. The Kier molecular flexibility index (Phi) is 13.0. The average molecular weight is 899 g/mol. The Labute approximate surface area is 382 Å². The Morgan fingerprint density at radius 1 is 1.06 bits per heavy atom. The van der Waals surface area contributed by atoms with Gasteiger partial charge in [-0.2, -0.15) is 0 Å². The first kappa shape index (κ1) is 47.0. The summed E-state index contributed by atoms with van der Waals surface area (Å²) in [4.78, 5) is 52.6. The number of para-hydroxylation sites is 1. The maximum Gasteiger partial charge on any atom is 0.322 e. The number of ether oxygens (including phenoxy) is 3. The van der Waals surface area contributed by atoms with Crippen LogP contribution in [0.5, 0.6) is 5.75 Å². The number of esters is 2. The molecule has 1 saturated heterocycles. The Hall–Kier alpha value is -4.51. The first-order valence-electron chi connectivity index (χ1n) is 23.7. The van der Waals surface area contributed by atoms with E-state index in [1.165, 1.54) is 14.0 Å². The molecule has 7 N–H and O–H groups in total. The summed E-state index contributed by atoms with van der Waals surface area (Å²) in [6.45, 7) is 11.0. The minimum absolute atomic E-state index is 0.0218. The van der Waals surface area contributed by atoms with Crippen LogP contribution in [0.1, 0.15) is 94.5 Å². The van der Waals surface area contributed by atoms with E-state index in [9.17, 15) is 24.9 Å². The number of anilines is 1. The molecule has 0 radical (unpaired) electrons. The summed E-state index contributed by atoms with van der Waals surface area (Å²) in [6.07, 6.45) is 6.07. The van der Waals surface area contributed by atoms with Crippen LogP contribution in [0.4, 0.5) is 5.69 Å². The number of carbonyl (C=O) groups excluding carboxylic acids is 3. The van der Waals surface area contributed by atoms with Gasteiger partial charge in [-0.05, 0) is 87.6 Å². The SMILES string of the molecule is CCCN1CC=C[C@]2(CC)C1C1c3cc([C@@]4(C(=O)OC)C[C@@H]5CN(CCc6c4[nH]c4ccccc64)CC(O)(CC)C5)c(OC)cc3N(C)C1[C@@](O)(C(=O)NCCCOC(=O)C(C)N)[C@@H]2O. The van der Waals surface area contributed by atoms with Gasteiger partial charge in [-0.25, -0.2) is 0 Å². The number of benzene rings is 2. The van der Waals surface area contributed by atoms with E-state index in [0.29, 0.717) is 81.8 Å². The lowest BCUT2D eigenvalue weighted by Gasteiger charge is -2.61. The highest BCUT2D eigenvalue weighted by Gasteiger charge is 2.71. The molecular weight excluding hydrogens is 829 g/mol. The fourth-order valence-corrected chi connectivity index (χ4v) is 12.9. The molecule has 2 bridgehead atoms. The van der Waals surface area contributed by atoms with E-state index < -0.39 is 64.0 Å². The summed E-state index contributed by atoms with van der Waals surface area (Å²) in [7, 11) is 4.86. The number of piperidine rings is 1. The number of hydrogen-bond acceptors (Lipinski definition) is 13. The van der Waals surface area contributed by atoms with Gasteiger partial charge in [0.05, 0.1) is 32.5 Å². The standard InChI is InChI=1S/C50H70N6O9/c1-8-20-56-21-13-18-48(10-3)41(56)39-34-24-35(38(63-6)25-37(34)54(5)42(39)50(62,44(48)58)45(59)52-19-14-23-65-43(57)30(4)51)49(46(60)64-7)27-31-26-47(61,9-2)29-55(28-31)22-17-33-32-15-11-12-16-36(32)53-40(33)49/h11-13,15-16,18,24-25,30-31,39,41-42,44,53,58,61-62H,8-10,14,17,19-23,26-29,51H2,1-7H3,(H,52,59)/t30?,31-,39?,41?,42?,44-,47?,48-,49+,50+/m1/s1. The van der Waals surface area contributed by atoms with Gasteiger partial charge in [-0.15, -0.1) is 0 Å². The van der Waals surface area contributed by atoms with Crippen LogP contribution >= 0.6 is 0 Å². The smallest absolute Gasteiger partial charge is 0.322 e. The Balaban J connectivity index is 1.34. The second-order valence-electron chi connectivity index (χ2n) is 19.6. The molecule has 354 valence electrons. The molecule has 65 heavy (non-hydrogen) atoms. The van der Waals surface area contributed by atoms with Crippen LogP contribution in [0.2, 0.25) is 0 Å². The second-order valence-corrected chi connectivity index (χ2v) is 19.6. The summed E-state index contributed by atoms with van der Waals surface area (Å²) in [5, 5.41) is 42.0. The number of hydrogen-bond donors (Lipinski definition) is 6. The van der Waals surface area contributed by atoms with Crippen molar-refractivity contribution in [2.45, 2.75) is 119 Å². The predicted molar refractivity (Wildman–Crippen MR) is 248 cm³/mol. The number of likely N-dealkylation sites (N-methyl/N-ethyl adjacent to an activating group) is 1. The fraction of sp³-hybridized carbons (Fsp3) is 0.620. The molecular formula is C50H70N6O9. The van der Waals surface area contributed by atoms with Crippen LogP contribution in [0.15, 0.2) is 48.6 Å². The molecule has 15 nitrogen and oxygen atoms in total. The fourth-order valence-electron chi connectivity index (χ4n) is 12.9. The molecule has 4 aliphatic heterocycles. The number of H-pyrrole nitrogens is 1. The van der Waals surface area contributed by atoms with E-state index in [2.05, 4.69) is 39.2 Å². The van der Waals surface area contributed by atoms with Gasteiger partial charge in [0.1, 0.15) is 23.3 Å². The van der Waals surface area contributed by atoms with Crippen molar-refractivity contribution in [2.75, 3.05) is 72.0 Å². The Bertz CT molecular complexity index is 2320. The molecule has 2 fully saturated rings. The van der Waals surface area contributed by atoms with E-state index in [0.717, 1.165) is 34.1 Å². The second kappa shape index (κ2) is 17.9. The van der Waals surface area contributed by atoms with Crippen LogP contribution in [-0.2, 0) is 35.7 Å². The third-order valence-corrected chi connectivity index (χ3v) is 15.9. The number of nitrogens with zero attached hydrogens (tertiary/aromatic N) is 3. The molecule has 5 heterocycles. The normalized spacial score (nSPS) is 33.4. The third kappa shape index (κ3) is 7.45. The van der Waals surface area contributed by atoms with Crippen molar-refractivity contribution in [1.82, 2.24) is 20.1 Å². The first-order valence-corrected chi connectivity index (χ1v) is 23.7. The number of nitrogens with two attached hydrogens (primary N) is 1. The van der Waals surface area contributed by atoms with Gasteiger partial charge >= 0.3 is 11.9 Å². The predicted octanol–water partition coefficient (Wildman–Crippen LogP) is 3.50. The van der Waals surface area contributed by atoms with Gasteiger partial charge in [0, 0.05) is 91.1 Å². The molecule has 15 heteroatoms. The number of carbonyl (C=O) groups is 3. The molecule has 1 amide bonds. The van der Waals surface area contributed by atoms with Crippen molar-refractivity contribution in [1.29, 1.82) is 0 Å². The Morgan fingerprint density at radius 3 is 2.52 bits per heavy atom. The van der Waals surface area contributed by atoms with Gasteiger partial charge < -0.3 is 50.5 Å². The number of fused-ring (bicyclic) bond motifs is 10. The number of amides is 1. The average Bonchev–Trinajstić information content (AvgIpc) is 3.83. The topological polar surface area (TPSA) is 203 Å². The van der Waals surface area contributed by atoms with Crippen molar-refractivity contribution in [2.24, 2.45) is 17.1 Å². The van der Waals surface area contributed by atoms with Gasteiger partial charge in [-0.1, -0.05) is 51.1 Å². The summed E-state index contributed by atoms with van der Waals surface area (Å²) >= 11 is 0. The van der Waals surface area contributed by atoms with Crippen molar-refractivity contribution >= 4 is 34.4 Å². The lowest BCUT2D eigenvalue weighted by Crippen LogP contribution is -2.78. The summed E-state index contributed by atoms with van der Waals surface area (Å²) in [5.41, 5.74) is 4.66. The van der Waals surface area contributed by atoms with Crippen LogP contribution in [-0.4, -0.2) is 151 Å². The maximum absolute atomic E-state index is 15.4. The molecule has 1 aromatic heterocycles. The molecule has 1 aliphatic carbocycles. The highest BCUT2D eigenvalue weighted by Crippen LogP contribution is 2.62. The highest BCUT2D eigenvalue weighted by atomic mass is 16.5. The highest BCUT2D eigenvalue weighted by molar-refractivity contribution is 5.95. The minimum Gasteiger partial charge on any atom is -0.496 e. The van der Waals surface area contributed by atoms with Gasteiger partial charge in [-0.3, -0.25) is 24.2 Å². The number of aromatic amines is 1. The number of aliphatic hydroxyl groups is 3. The summed E-state index contributed by atoms with van der Waals surface area (Å²) in [6, 6.07) is 10.00. The molecule has 6 unspecified atom stereocenters. The molecule has 8 rings (SSSR count). The van der Waals surface area contributed by atoms with Crippen LogP contribution < -0.4 is 20.7 Å². The van der Waals surface area contributed by atoms with Crippen LogP contribution in [0, 0.1) is 11.3 Å². The quantitative estimate of drug-likeness (QED) is 0.0828. The largest absolute Gasteiger partial charge is 0.496 e. The van der Waals surface area contributed by atoms with Gasteiger partial charge in [0.25, 0.3) is 5.91 Å². The molecule has 3 aromatic rings. The lowest BCUT2D eigenvalue weighted by atomic mass is 9.53. The number of nitrogens with one attached hydrogen (secondary N) is 2. The van der Waals surface area contributed by atoms with Gasteiger partial charge in [0.2, 0.25) is 0 Å². The van der Waals surface area contributed by atoms with E-state index >= 15 is 4.79 Å². The van der Waals surface area contributed by atoms with Crippen LogP contribution in [0.25, 0.3) is 10.9 Å². The summed E-state index contributed by atoms with van der Waals surface area (Å²) < 4.78 is 17.6. The van der Waals surface area contributed by atoms with E-state index in [4.69, 9.17) is 19.9 Å². The molecule has 0 spiro atoms. The maximum atomic E-state index is 15.4. The van der Waals surface area contributed by atoms with Crippen molar-refractivity contribution in [3.63, 3.8) is 0 Å². The molecule has 11 atom stereocenters. The van der Waals surface area contributed by atoms with E-state index in [1.54, 1.807) is 7.11 Å². The van der Waals surface area contributed by atoms with Gasteiger partial charge in [0.15, 0.2) is 5.60 Å². The lowest BCUT2D eigenvalue weighted by molar-refractivity contribution is -0.198. The minimum atomic E-state index is -2.33. The van der Waals surface area contributed by atoms with Crippen molar-refractivity contribution in [3.05, 3.63) is 70.9 Å². The van der Waals surface area contributed by atoms with E-state index in [1.807, 2.05) is 62.2 Å². The zero-order chi connectivity index (χ0) is 46.6. The van der Waals surface area contributed by atoms with Crippen molar-refractivity contribution < 1.29 is 43.9 Å². The Morgan fingerprint density at radius 2 is 1.83 bits per heavy atom. The van der Waals surface area contributed by atoms with E-state index in [-0.39, 0.29) is 31.5 Å². The first-order chi connectivity index (χ1) is 31.1. The molecule has 5 aliphatic rings. The molecule has 2 aromatic carbocycles. The van der Waals surface area contributed by atoms with Crippen molar-refractivity contribution in [3.8, 4) is 5.75 Å². The zero-order valence-corrected chi connectivity index (χ0v) is 39.2. The van der Waals surface area contributed by atoms with Crippen LogP contribution in [0.3, 0.4) is 0 Å². The summed E-state index contributed by atoms with van der Waals surface area (Å²) in [5.74, 6) is -1.96.